The lowest BCUT2D eigenvalue weighted by Crippen LogP contribution is -1.98. The van der Waals surface area contributed by atoms with E-state index in [1.54, 1.807) is 0 Å². The third kappa shape index (κ3) is 3.61. The molecule has 1 nitrogen and oxygen atoms in total. The van der Waals surface area contributed by atoms with Crippen molar-refractivity contribution < 1.29 is 5.11 Å². The van der Waals surface area contributed by atoms with Crippen LogP contribution in [0.3, 0.4) is 0 Å². The topological polar surface area (TPSA) is 20.2 Å². The third-order valence-corrected chi connectivity index (χ3v) is 2.81. The van der Waals surface area contributed by atoms with Crippen LogP contribution in [0.5, 0.6) is 0 Å². The fourth-order valence-electron chi connectivity index (χ4n) is 1.73. The van der Waals surface area contributed by atoms with Gasteiger partial charge in [-0.25, -0.2) is 0 Å². The van der Waals surface area contributed by atoms with Crippen LogP contribution in [0.1, 0.15) is 44.4 Å². The SMILES string of the molecule is C=C(C)c1ccccc1C(O)C#CC(=CC)CC. The second-order valence-electron chi connectivity index (χ2n) is 4.21. The Bertz CT molecular complexity index is 512. The van der Waals surface area contributed by atoms with Gasteiger partial charge in [0.2, 0.25) is 0 Å². The maximum Gasteiger partial charge on any atom is 0.141 e. The molecule has 1 aromatic rings. The molecule has 1 atom stereocenters. The number of hydrogen-bond acceptors (Lipinski definition) is 1. The van der Waals surface area contributed by atoms with Gasteiger partial charge in [-0.05, 0) is 31.4 Å². The Hall–Kier alpha value is -1.78. The summed E-state index contributed by atoms with van der Waals surface area (Å²) in [4.78, 5) is 0. The van der Waals surface area contributed by atoms with Gasteiger partial charge in [0.05, 0.1) is 0 Å². The average Bonchev–Trinajstić information content (AvgIpc) is 2.39. The summed E-state index contributed by atoms with van der Waals surface area (Å²) in [6.07, 6.45) is 2.10. The van der Waals surface area contributed by atoms with E-state index in [2.05, 4.69) is 25.3 Å². The quantitative estimate of drug-likeness (QED) is 0.788. The second kappa shape index (κ2) is 6.83. The number of benzene rings is 1. The summed E-state index contributed by atoms with van der Waals surface area (Å²) in [5.41, 5.74) is 3.77. The molecule has 0 aliphatic carbocycles. The van der Waals surface area contributed by atoms with E-state index >= 15 is 0 Å². The molecule has 1 heteroatoms. The lowest BCUT2D eigenvalue weighted by atomic mass is 9.98. The Balaban J connectivity index is 3.05. The largest absolute Gasteiger partial charge is 0.376 e. The van der Waals surface area contributed by atoms with E-state index in [1.807, 2.05) is 44.2 Å². The van der Waals surface area contributed by atoms with Gasteiger partial charge in [0.1, 0.15) is 6.10 Å². The normalized spacial score (nSPS) is 12.6. The number of aliphatic hydroxyl groups excluding tert-OH is 1. The van der Waals surface area contributed by atoms with Crippen molar-refractivity contribution >= 4 is 5.57 Å². The van der Waals surface area contributed by atoms with Crippen molar-refractivity contribution in [1.82, 2.24) is 0 Å². The summed E-state index contributed by atoms with van der Waals surface area (Å²) in [6, 6.07) is 7.70. The Morgan fingerprint density at radius 1 is 1.44 bits per heavy atom. The zero-order chi connectivity index (χ0) is 13.5. The molecule has 1 aromatic carbocycles. The molecule has 18 heavy (non-hydrogen) atoms. The first kappa shape index (κ1) is 14.3. The molecule has 1 rings (SSSR count). The number of aliphatic hydroxyl groups is 1. The minimum Gasteiger partial charge on any atom is -0.376 e. The van der Waals surface area contributed by atoms with Gasteiger partial charge in [0, 0.05) is 5.56 Å². The predicted molar refractivity (Wildman–Crippen MR) is 77.9 cm³/mol. The maximum atomic E-state index is 10.1. The van der Waals surface area contributed by atoms with Crippen LogP contribution in [0.4, 0.5) is 0 Å². The molecular formula is C17H20O. The second-order valence-corrected chi connectivity index (χ2v) is 4.21. The molecule has 0 spiro atoms. The van der Waals surface area contributed by atoms with Gasteiger partial charge in [0.25, 0.3) is 0 Å². The Morgan fingerprint density at radius 3 is 2.67 bits per heavy atom. The van der Waals surface area contributed by atoms with Crippen molar-refractivity contribution in [2.75, 3.05) is 0 Å². The summed E-state index contributed by atoms with van der Waals surface area (Å²) in [6.45, 7) is 9.87. The zero-order valence-electron chi connectivity index (χ0n) is 11.3. The molecule has 0 aliphatic heterocycles. The molecule has 1 N–H and O–H groups in total. The van der Waals surface area contributed by atoms with Crippen molar-refractivity contribution in [2.24, 2.45) is 0 Å². The van der Waals surface area contributed by atoms with E-state index in [-0.39, 0.29) is 0 Å². The molecule has 0 saturated heterocycles. The Labute approximate surface area is 110 Å². The highest BCUT2D eigenvalue weighted by Crippen LogP contribution is 2.23. The summed E-state index contributed by atoms with van der Waals surface area (Å²) < 4.78 is 0. The van der Waals surface area contributed by atoms with Gasteiger partial charge < -0.3 is 5.11 Å². The molecule has 0 aromatic heterocycles. The molecule has 0 fully saturated rings. The van der Waals surface area contributed by atoms with Crippen molar-refractivity contribution in [3.05, 3.63) is 53.6 Å². The van der Waals surface area contributed by atoms with Crippen LogP contribution in [0.15, 0.2) is 42.5 Å². The van der Waals surface area contributed by atoms with E-state index in [1.165, 1.54) is 0 Å². The molecule has 0 aliphatic rings. The van der Waals surface area contributed by atoms with Crippen LogP contribution >= 0.6 is 0 Å². The monoisotopic (exact) mass is 240 g/mol. The molecule has 0 amide bonds. The van der Waals surface area contributed by atoms with Crippen LogP contribution in [0, 0.1) is 11.8 Å². The lowest BCUT2D eigenvalue weighted by molar-refractivity contribution is 0.238. The van der Waals surface area contributed by atoms with Crippen LogP contribution in [-0.2, 0) is 0 Å². The summed E-state index contributed by atoms with van der Waals surface area (Å²) in [7, 11) is 0. The highest BCUT2D eigenvalue weighted by atomic mass is 16.3. The predicted octanol–water partition coefficient (Wildman–Crippen LogP) is 4.11. The van der Waals surface area contributed by atoms with Gasteiger partial charge in [-0.1, -0.05) is 61.3 Å². The van der Waals surface area contributed by atoms with Crippen LogP contribution in [0.25, 0.3) is 5.57 Å². The molecule has 94 valence electrons. The minimum absolute atomic E-state index is 0.764. The molecule has 0 saturated carbocycles. The molecular weight excluding hydrogens is 220 g/mol. The van der Waals surface area contributed by atoms with Gasteiger partial charge in [-0.2, -0.15) is 0 Å². The smallest absolute Gasteiger partial charge is 0.141 e. The van der Waals surface area contributed by atoms with Crippen LogP contribution in [0.2, 0.25) is 0 Å². The Morgan fingerprint density at radius 2 is 2.11 bits per heavy atom. The van der Waals surface area contributed by atoms with Crippen LogP contribution < -0.4 is 0 Å². The maximum absolute atomic E-state index is 10.1. The number of hydrogen-bond donors (Lipinski definition) is 1. The Kier molecular flexibility index (Phi) is 5.42. The van der Waals surface area contributed by atoms with Crippen molar-refractivity contribution in [1.29, 1.82) is 0 Å². The fraction of sp³-hybridized carbons (Fsp3) is 0.294. The first-order chi connectivity index (χ1) is 8.60. The van der Waals surface area contributed by atoms with E-state index in [4.69, 9.17) is 0 Å². The van der Waals surface area contributed by atoms with Crippen molar-refractivity contribution in [2.45, 2.75) is 33.3 Å². The highest BCUT2D eigenvalue weighted by Gasteiger charge is 2.09. The minimum atomic E-state index is -0.764. The molecule has 1 unspecified atom stereocenters. The number of rotatable bonds is 3. The first-order valence-electron chi connectivity index (χ1n) is 6.19. The lowest BCUT2D eigenvalue weighted by Gasteiger charge is -2.10. The highest BCUT2D eigenvalue weighted by molar-refractivity contribution is 5.65. The molecule has 0 bridgehead atoms. The van der Waals surface area contributed by atoms with Gasteiger partial charge in [0.15, 0.2) is 0 Å². The zero-order valence-corrected chi connectivity index (χ0v) is 11.3. The van der Waals surface area contributed by atoms with Gasteiger partial charge in [-0.15, -0.1) is 0 Å². The number of allylic oxidation sites excluding steroid dienone is 3. The van der Waals surface area contributed by atoms with Gasteiger partial charge in [-0.3, -0.25) is 0 Å². The summed E-state index contributed by atoms with van der Waals surface area (Å²) >= 11 is 0. The summed E-state index contributed by atoms with van der Waals surface area (Å²) in [5.74, 6) is 5.91. The average molecular weight is 240 g/mol. The molecule has 0 heterocycles. The van der Waals surface area contributed by atoms with Crippen molar-refractivity contribution in [3.8, 4) is 11.8 Å². The third-order valence-electron chi connectivity index (χ3n) is 2.81. The first-order valence-corrected chi connectivity index (χ1v) is 6.19. The van der Waals surface area contributed by atoms with E-state index in [0.29, 0.717) is 0 Å². The van der Waals surface area contributed by atoms with Crippen LogP contribution in [-0.4, -0.2) is 5.11 Å². The van der Waals surface area contributed by atoms with E-state index in [0.717, 1.165) is 28.7 Å². The van der Waals surface area contributed by atoms with Gasteiger partial charge >= 0.3 is 0 Å². The standard InChI is InChI=1S/C17H20O/c1-5-14(6-2)11-12-17(18)16-10-8-7-9-15(16)13(3)4/h5,7-10,17-18H,3,6H2,1-2,4H3. The fourth-order valence-corrected chi connectivity index (χ4v) is 1.73. The van der Waals surface area contributed by atoms with E-state index in [9.17, 15) is 5.11 Å². The molecule has 0 radical (unpaired) electrons. The van der Waals surface area contributed by atoms with Crippen molar-refractivity contribution in [3.63, 3.8) is 0 Å². The summed E-state index contributed by atoms with van der Waals surface area (Å²) in [5, 5.41) is 10.1. The van der Waals surface area contributed by atoms with E-state index < -0.39 is 6.10 Å².